The van der Waals surface area contributed by atoms with Crippen LogP contribution in [-0.4, -0.2) is 39.5 Å². The molecular weight excluding hydrogens is 455 g/mol. The van der Waals surface area contributed by atoms with Crippen LogP contribution < -0.4 is 5.56 Å². The molecule has 1 aliphatic carbocycles. The summed E-state index contributed by atoms with van der Waals surface area (Å²) in [4.78, 5) is 30.8. The number of nitrogens with zero attached hydrogens (tertiary/aromatic N) is 2. The van der Waals surface area contributed by atoms with Crippen LogP contribution in [0.5, 0.6) is 0 Å². The van der Waals surface area contributed by atoms with E-state index in [1.54, 1.807) is 19.9 Å². The highest BCUT2D eigenvalue weighted by Gasteiger charge is 2.47. The van der Waals surface area contributed by atoms with Crippen molar-refractivity contribution in [2.45, 2.75) is 57.5 Å². The molecule has 0 bridgehead atoms. The zero-order valence-corrected chi connectivity index (χ0v) is 19.7. The van der Waals surface area contributed by atoms with Gasteiger partial charge in [0, 0.05) is 35.3 Å². The van der Waals surface area contributed by atoms with Crippen LogP contribution in [0.4, 0.5) is 4.39 Å². The zero-order chi connectivity index (χ0) is 24.9. The number of aryl methyl sites for hydroxylation is 1. The molecule has 3 aromatic rings. The number of ether oxygens (including phenoxy) is 2. The largest absolute Gasteiger partial charge is 0.458 e. The number of esters is 1. The van der Waals surface area contributed by atoms with E-state index in [9.17, 15) is 24.2 Å². The molecule has 2 aromatic heterocycles. The van der Waals surface area contributed by atoms with Gasteiger partial charge in [-0.25, -0.2) is 14.2 Å². The third kappa shape index (κ3) is 2.63. The van der Waals surface area contributed by atoms with E-state index >= 15 is 0 Å². The van der Waals surface area contributed by atoms with E-state index in [1.807, 2.05) is 0 Å². The van der Waals surface area contributed by atoms with Crippen molar-refractivity contribution in [2.24, 2.45) is 0 Å². The van der Waals surface area contributed by atoms with E-state index in [4.69, 9.17) is 14.5 Å². The number of hydrogen-bond acceptors (Lipinski definition) is 7. The Labute approximate surface area is 199 Å². The molecule has 3 aliphatic rings. The SMILES string of the molecule is CC[C@@]1(O)C(=O)OCc2c1cc1n(c2=O)Cc2c-1nc1cc(F)c(C)c3c1c2C(CO)(OC)CC3. The molecule has 2 atom stereocenters. The highest BCUT2D eigenvalue weighted by molar-refractivity contribution is 5.93. The van der Waals surface area contributed by atoms with Gasteiger partial charge in [0.05, 0.1) is 35.6 Å². The fourth-order valence-corrected chi connectivity index (χ4v) is 6.08. The summed E-state index contributed by atoms with van der Waals surface area (Å²) in [7, 11) is 1.54. The second-order valence-corrected chi connectivity index (χ2v) is 9.63. The summed E-state index contributed by atoms with van der Waals surface area (Å²) in [5.74, 6) is -1.17. The standard InChI is InChI=1S/C26H25FN2O6/c1-4-26(33)16-7-19-22-14(9-29(19)23(31)15(16)10-35-24(26)32)21-20-13(5-6-25(21,11-30)34-3)12(2)17(27)8-18(20)28-22/h7-8,30,33H,4-6,9-11H2,1-3H3/t25?,26-/m0/s1. The van der Waals surface area contributed by atoms with Gasteiger partial charge in [-0.05, 0) is 43.4 Å². The van der Waals surface area contributed by atoms with Crippen LogP contribution in [0.2, 0.25) is 0 Å². The Kier molecular flexibility index (Phi) is 4.59. The normalized spacial score (nSPS) is 24.2. The van der Waals surface area contributed by atoms with Crippen molar-refractivity contribution in [3.8, 4) is 11.4 Å². The lowest BCUT2D eigenvalue weighted by Crippen LogP contribution is -2.44. The molecular formula is C26H25FN2O6. The Morgan fingerprint density at radius 1 is 1.26 bits per heavy atom. The van der Waals surface area contributed by atoms with E-state index in [1.165, 1.54) is 17.7 Å². The van der Waals surface area contributed by atoms with E-state index in [-0.39, 0.29) is 48.7 Å². The van der Waals surface area contributed by atoms with Crippen LogP contribution in [0.1, 0.15) is 53.1 Å². The maximum absolute atomic E-state index is 14.9. The van der Waals surface area contributed by atoms with Gasteiger partial charge in [0.25, 0.3) is 5.56 Å². The van der Waals surface area contributed by atoms with Gasteiger partial charge >= 0.3 is 5.97 Å². The molecule has 0 radical (unpaired) electrons. The summed E-state index contributed by atoms with van der Waals surface area (Å²) in [6.45, 7) is 3.04. The quantitative estimate of drug-likeness (QED) is 0.433. The third-order valence-corrected chi connectivity index (χ3v) is 8.18. The number of cyclic esters (lactones) is 1. The molecule has 0 fully saturated rings. The van der Waals surface area contributed by atoms with Crippen LogP contribution in [0.25, 0.3) is 22.3 Å². The lowest BCUT2D eigenvalue weighted by molar-refractivity contribution is -0.172. The summed E-state index contributed by atoms with van der Waals surface area (Å²) >= 11 is 0. The number of methoxy groups -OCH3 is 1. The van der Waals surface area contributed by atoms with Crippen LogP contribution in [0, 0.1) is 12.7 Å². The number of fused-ring (bicyclic) bond motifs is 5. The predicted molar refractivity (Wildman–Crippen MR) is 123 cm³/mol. The van der Waals surface area contributed by atoms with Crippen molar-refractivity contribution in [1.29, 1.82) is 0 Å². The number of halogens is 1. The lowest BCUT2D eigenvalue weighted by atomic mass is 9.75. The number of aromatic nitrogens is 2. The van der Waals surface area contributed by atoms with Crippen molar-refractivity contribution in [1.82, 2.24) is 9.55 Å². The van der Waals surface area contributed by atoms with E-state index in [0.717, 1.165) is 10.9 Å². The van der Waals surface area contributed by atoms with Crippen molar-refractivity contribution in [2.75, 3.05) is 13.7 Å². The number of rotatable bonds is 3. The minimum absolute atomic E-state index is 0.0378. The van der Waals surface area contributed by atoms with Gasteiger partial charge in [-0.3, -0.25) is 4.79 Å². The maximum Gasteiger partial charge on any atom is 0.343 e. The Hall–Kier alpha value is -3.14. The van der Waals surface area contributed by atoms with E-state index in [0.29, 0.717) is 46.4 Å². The molecule has 0 saturated carbocycles. The summed E-state index contributed by atoms with van der Waals surface area (Å²) in [5.41, 5.74) is 1.19. The van der Waals surface area contributed by atoms with E-state index < -0.39 is 17.2 Å². The first-order valence-electron chi connectivity index (χ1n) is 11.7. The fourth-order valence-electron chi connectivity index (χ4n) is 6.08. The second-order valence-electron chi connectivity index (χ2n) is 9.63. The molecule has 2 N–H and O–H groups in total. The van der Waals surface area contributed by atoms with Crippen molar-refractivity contribution in [3.63, 3.8) is 0 Å². The Morgan fingerprint density at radius 3 is 2.71 bits per heavy atom. The topological polar surface area (TPSA) is 111 Å². The Morgan fingerprint density at radius 2 is 2.03 bits per heavy atom. The van der Waals surface area contributed by atoms with Gasteiger partial charge in [0.15, 0.2) is 5.60 Å². The van der Waals surface area contributed by atoms with Crippen LogP contribution in [0.3, 0.4) is 0 Å². The van der Waals surface area contributed by atoms with Crippen molar-refractivity contribution >= 4 is 16.9 Å². The molecule has 0 saturated heterocycles. The fraction of sp³-hybridized carbons (Fsp3) is 0.423. The number of carbonyl (C=O) groups excluding carboxylic acids is 1. The van der Waals surface area contributed by atoms with Gasteiger partial charge in [0.1, 0.15) is 18.0 Å². The molecule has 6 rings (SSSR count). The first-order chi connectivity index (χ1) is 16.7. The monoisotopic (exact) mass is 480 g/mol. The zero-order valence-electron chi connectivity index (χ0n) is 19.7. The molecule has 1 unspecified atom stereocenters. The molecule has 182 valence electrons. The maximum atomic E-state index is 14.9. The van der Waals surface area contributed by atoms with Gasteiger partial charge in [0.2, 0.25) is 0 Å². The predicted octanol–water partition coefficient (Wildman–Crippen LogP) is 2.31. The van der Waals surface area contributed by atoms with Crippen molar-refractivity contribution < 1.29 is 28.9 Å². The molecule has 2 aliphatic heterocycles. The highest BCUT2D eigenvalue weighted by atomic mass is 19.1. The number of benzene rings is 1. The summed E-state index contributed by atoms with van der Waals surface area (Å²) in [6, 6.07) is 3.00. The number of hydrogen-bond donors (Lipinski definition) is 2. The average Bonchev–Trinajstić information content (AvgIpc) is 3.23. The smallest absolute Gasteiger partial charge is 0.343 e. The highest BCUT2D eigenvalue weighted by Crippen LogP contribution is 2.49. The van der Waals surface area contributed by atoms with E-state index in [2.05, 4.69) is 0 Å². The molecule has 0 spiro atoms. The minimum atomic E-state index is -1.94. The van der Waals surface area contributed by atoms with Gasteiger partial charge in [-0.2, -0.15) is 0 Å². The van der Waals surface area contributed by atoms with Crippen LogP contribution in [0.15, 0.2) is 16.9 Å². The molecule has 1 aromatic carbocycles. The first-order valence-corrected chi connectivity index (χ1v) is 11.7. The minimum Gasteiger partial charge on any atom is -0.458 e. The molecule has 35 heavy (non-hydrogen) atoms. The molecule has 0 amide bonds. The summed E-state index contributed by atoms with van der Waals surface area (Å²) < 4.78 is 27.5. The number of aliphatic hydroxyl groups excluding tert-OH is 1. The van der Waals surface area contributed by atoms with Crippen molar-refractivity contribution in [3.05, 3.63) is 61.7 Å². The lowest BCUT2D eigenvalue weighted by Gasteiger charge is -2.38. The molecule has 9 heteroatoms. The summed E-state index contributed by atoms with van der Waals surface area (Å²) in [5, 5.41) is 22.3. The van der Waals surface area contributed by atoms with Gasteiger partial charge < -0.3 is 24.3 Å². The Bertz CT molecular complexity index is 1520. The van der Waals surface area contributed by atoms with Crippen LogP contribution >= 0.6 is 0 Å². The first kappa shape index (κ1) is 22.3. The second kappa shape index (κ2) is 7.19. The van der Waals surface area contributed by atoms with Gasteiger partial charge in [-0.1, -0.05) is 6.92 Å². The third-order valence-electron chi connectivity index (χ3n) is 8.18. The van der Waals surface area contributed by atoms with Gasteiger partial charge in [-0.15, -0.1) is 0 Å². The van der Waals surface area contributed by atoms with Crippen LogP contribution in [-0.2, 0) is 45.0 Å². The Balaban J connectivity index is 1.73. The number of carbonyl (C=O) groups is 1. The number of aliphatic hydroxyl groups is 2. The number of pyridine rings is 2. The summed E-state index contributed by atoms with van der Waals surface area (Å²) in [6.07, 6.45) is 1.00. The average molecular weight is 480 g/mol. The molecule has 4 heterocycles. The molecule has 8 nitrogen and oxygen atoms in total.